The highest BCUT2D eigenvalue weighted by molar-refractivity contribution is 14.0. The highest BCUT2D eigenvalue weighted by Crippen LogP contribution is 2.38. The highest BCUT2D eigenvalue weighted by Gasteiger charge is 2.42. The van der Waals surface area contributed by atoms with E-state index in [4.69, 9.17) is 14.5 Å². The number of nitrogens with zero attached hydrogens (tertiary/aromatic N) is 2. The van der Waals surface area contributed by atoms with E-state index in [1.54, 1.807) is 0 Å². The van der Waals surface area contributed by atoms with E-state index in [1.807, 2.05) is 0 Å². The quantitative estimate of drug-likeness (QED) is 0.384. The SMILES string of the molecule is CCNC(=NCC1(CO)CCOCC1)N1CCC2(CCOC2)C1.I. The summed E-state index contributed by atoms with van der Waals surface area (Å²) < 4.78 is 11.1. The Balaban J connectivity index is 0.00000208. The lowest BCUT2D eigenvalue weighted by Crippen LogP contribution is -2.43. The molecule has 2 N–H and O–H groups in total. The lowest BCUT2D eigenvalue weighted by molar-refractivity contribution is -0.0107. The van der Waals surface area contributed by atoms with Gasteiger partial charge in [0.15, 0.2) is 5.96 Å². The molecule has 3 heterocycles. The maximum absolute atomic E-state index is 9.84. The van der Waals surface area contributed by atoms with Gasteiger partial charge in [0.05, 0.1) is 19.8 Å². The van der Waals surface area contributed by atoms with Crippen LogP contribution in [-0.2, 0) is 9.47 Å². The molecule has 0 aromatic rings. The van der Waals surface area contributed by atoms with Crippen LogP contribution < -0.4 is 5.32 Å². The molecule has 3 aliphatic rings. The number of rotatable bonds is 4. The van der Waals surface area contributed by atoms with Crippen LogP contribution in [0.2, 0.25) is 0 Å². The number of likely N-dealkylation sites (tertiary alicyclic amines) is 1. The van der Waals surface area contributed by atoms with Crippen LogP contribution in [0.5, 0.6) is 0 Å². The van der Waals surface area contributed by atoms with Crippen molar-refractivity contribution in [1.82, 2.24) is 10.2 Å². The number of aliphatic imine (C=N–C) groups is 1. The second kappa shape index (κ2) is 9.00. The van der Waals surface area contributed by atoms with E-state index in [1.165, 1.54) is 12.8 Å². The van der Waals surface area contributed by atoms with Crippen LogP contribution in [0.4, 0.5) is 0 Å². The summed E-state index contributed by atoms with van der Waals surface area (Å²) in [6.45, 7) is 9.18. The predicted octanol–water partition coefficient (Wildman–Crippen LogP) is 1.47. The zero-order chi connectivity index (χ0) is 16.2. The molecule has 1 atom stereocenters. The largest absolute Gasteiger partial charge is 0.396 e. The number of ether oxygens (including phenoxy) is 2. The van der Waals surface area contributed by atoms with Crippen molar-refractivity contribution in [2.75, 3.05) is 59.2 Å². The Hall–Kier alpha value is -0.120. The number of halogens is 1. The van der Waals surface area contributed by atoms with Crippen LogP contribution in [0.25, 0.3) is 0 Å². The van der Waals surface area contributed by atoms with E-state index in [-0.39, 0.29) is 36.0 Å². The molecule has 3 saturated heterocycles. The van der Waals surface area contributed by atoms with E-state index in [2.05, 4.69) is 17.1 Å². The third kappa shape index (κ3) is 4.53. The molecule has 0 aromatic carbocycles. The van der Waals surface area contributed by atoms with Crippen molar-refractivity contribution in [3.8, 4) is 0 Å². The van der Waals surface area contributed by atoms with Gasteiger partial charge in [-0.1, -0.05) is 0 Å². The van der Waals surface area contributed by atoms with Gasteiger partial charge in [-0.3, -0.25) is 4.99 Å². The highest BCUT2D eigenvalue weighted by atomic mass is 127. The van der Waals surface area contributed by atoms with Gasteiger partial charge in [0, 0.05) is 50.3 Å². The molecule has 7 heteroatoms. The van der Waals surface area contributed by atoms with E-state index in [9.17, 15) is 5.11 Å². The van der Waals surface area contributed by atoms with Gasteiger partial charge < -0.3 is 24.8 Å². The number of aliphatic hydroxyl groups excluding tert-OH is 1. The molecular formula is C17H32IN3O3. The van der Waals surface area contributed by atoms with Crippen LogP contribution in [-0.4, -0.2) is 75.2 Å². The summed E-state index contributed by atoms with van der Waals surface area (Å²) in [4.78, 5) is 7.27. The normalized spacial score (nSPS) is 29.8. The fourth-order valence-corrected chi connectivity index (χ4v) is 3.93. The molecule has 0 aliphatic carbocycles. The van der Waals surface area contributed by atoms with Gasteiger partial charge in [0.2, 0.25) is 0 Å². The van der Waals surface area contributed by atoms with Crippen LogP contribution in [0.15, 0.2) is 4.99 Å². The predicted molar refractivity (Wildman–Crippen MR) is 105 cm³/mol. The molecule has 0 bridgehead atoms. The minimum atomic E-state index is -0.104. The van der Waals surface area contributed by atoms with Gasteiger partial charge in [-0.15, -0.1) is 24.0 Å². The summed E-state index contributed by atoms with van der Waals surface area (Å²) in [5, 5.41) is 13.3. The van der Waals surface area contributed by atoms with E-state index in [0.29, 0.717) is 12.0 Å². The molecule has 0 aromatic heterocycles. The lowest BCUT2D eigenvalue weighted by Gasteiger charge is -2.34. The van der Waals surface area contributed by atoms with Gasteiger partial charge in [0.25, 0.3) is 0 Å². The average molecular weight is 453 g/mol. The number of aliphatic hydroxyl groups is 1. The Labute approximate surface area is 162 Å². The molecule has 3 aliphatic heterocycles. The van der Waals surface area contributed by atoms with Crippen molar-refractivity contribution >= 4 is 29.9 Å². The molecule has 3 rings (SSSR count). The molecule has 0 saturated carbocycles. The maximum atomic E-state index is 9.84. The molecule has 0 amide bonds. The summed E-state index contributed by atoms with van der Waals surface area (Å²) in [7, 11) is 0. The first-order valence-corrected chi connectivity index (χ1v) is 9.01. The Morgan fingerprint density at radius 1 is 1.17 bits per heavy atom. The summed E-state index contributed by atoms with van der Waals surface area (Å²) >= 11 is 0. The Morgan fingerprint density at radius 3 is 2.54 bits per heavy atom. The Bertz CT molecular complexity index is 421. The standard InChI is InChI=1S/C17H31N3O3.HI/c1-2-18-15(19-11-16(13-21)4-8-22-9-5-16)20-7-3-17(12-20)6-10-23-14-17;/h21H,2-14H2,1H3,(H,18,19);1H. The van der Waals surface area contributed by atoms with E-state index >= 15 is 0 Å². The van der Waals surface area contributed by atoms with Crippen LogP contribution in [0, 0.1) is 10.8 Å². The van der Waals surface area contributed by atoms with Crippen LogP contribution in [0.3, 0.4) is 0 Å². The smallest absolute Gasteiger partial charge is 0.193 e. The topological polar surface area (TPSA) is 66.3 Å². The average Bonchev–Trinajstić information content (AvgIpc) is 3.23. The van der Waals surface area contributed by atoms with Crippen molar-refractivity contribution in [3.63, 3.8) is 0 Å². The molecular weight excluding hydrogens is 421 g/mol. The zero-order valence-electron chi connectivity index (χ0n) is 14.8. The van der Waals surface area contributed by atoms with Crippen molar-refractivity contribution in [2.45, 2.75) is 32.6 Å². The molecule has 1 unspecified atom stereocenters. The van der Waals surface area contributed by atoms with Crippen LogP contribution >= 0.6 is 24.0 Å². The fraction of sp³-hybridized carbons (Fsp3) is 0.941. The van der Waals surface area contributed by atoms with Gasteiger partial charge in [-0.25, -0.2) is 0 Å². The van der Waals surface area contributed by atoms with E-state index < -0.39 is 0 Å². The first-order chi connectivity index (χ1) is 11.2. The maximum Gasteiger partial charge on any atom is 0.193 e. The van der Waals surface area contributed by atoms with Gasteiger partial charge in [0.1, 0.15) is 0 Å². The summed E-state index contributed by atoms with van der Waals surface area (Å²) in [6.07, 6.45) is 4.14. The Morgan fingerprint density at radius 2 is 1.92 bits per heavy atom. The second-order valence-electron chi connectivity index (χ2n) is 7.41. The van der Waals surface area contributed by atoms with Crippen molar-refractivity contribution in [2.24, 2.45) is 15.8 Å². The Kier molecular flexibility index (Phi) is 7.58. The number of hydrogen-bond donors (Lipinski definition) is 2. The van der Waals surface area contributed by atoms with Gasteiger partial charge >= 0.3 is 0 Å². The van der Waals surface area contributed by atoms with Crippen molar-refractivity contribution in [3.05, 3.63) is 0 Å². The second-order valence-corrected chi connectivity index (χ2v) is 7.41. The minimum Gasteiger partial charge on any atom is -0.396 e. The fourth-order valence-electron chi connectivity index (χ4n) is 3.93. The summed E-state index contributed by atoms with van der Waals surface area (Å²) in [5.41, 5.74) is 0.232. The minimum absolute atomic E-state index is 0. The third-order valence-corrected chi connectivity index (χ3v) is 5.71. The van der Waals surface area contributed by atoms with Gasteiger partial charge in [-0.2, -0.15) is 0 Å². The van der Waals surface area contributed by atoms with Crippen molar-refractivity contribution in [1.29, 1.82) is 0 Å². The summed E-state index contributed by atoms with van der Waals surface area (Å²) in [6, 6.07) is 0. The van der Waals surface area contributed by atoms with Gasteiger partial charge in [-0.05, 0) is 32.6 Å². The molecule has 3 fully saturated rings. The third-order valence-electron chi connectivity index (χ3n) is 5.71. The lowest BCUT2D eigenvalue weighted by atomic mass is 9.81. The molecule has 0 radical (unpaired) electrons. The molecule has 24 heavy (non-hydrogen) atoms. The summed E-state index contributed by atoms with van der Waals surface area (Å²) in [5.74, 6) is 0.996. The number of nitrogens with one attached hydrogen (secondary N) is 1. The first kappa shape index (κ1) is 20.2. The number of guanidine groups is 1. The monoisotopic (exact) mass is 453 g/mol. The molecule has 140 valence electrons. The van der Waals surface area contributed by atoms with Crippen molar-refractivity contribution < 1.29 is 14.6 Å². The van der Waals surface area contributed by atoms with E-state index in [0.717, 1.165) is 64.9 Å². The van der Waals surface area contributed by atoms with Crippen LogP contribution in [0.1, 0.15) is 32.6 Å². The molecule has 6 nitrogen and oxygen atoms in total. The first-order valence-electron chi connectivity index (χ1n) is 9.01. The zero-order valence-corrected chi connectivity index (χ0v) is 17.1. The number of hydrogen-bond acceptors (Lipinski definition) is 4. The molecule has 1 spiro atoms.